The van der Waals surface area contributed by atoms with Gasteiger partial charge in [-0.05, 0) is 36.6 Å². The van der Waals surface area contributed by atoms with Gasteiger partial charge in [0.2, 0.25) is 5.91 Å². The van der Waals surface area contributed by atoms with Crippen LogP contribution in [0.4, 0.5) is 4.79 Å². The van der Waals surface area contributed by atoms with E-state index in [1.54, 1.807) is 11.8 Å². The van der Waals surface area contributed by atoms with Gasteiger partial charge in [-0.3, -0.25) is 4.79 Å². The maximum Gasteiger partial charge on any atom is 0.405 e. The SMILES string of the molecule is CC(Cc1c[nH]c2ccccc12)(NC(=O)O)C(=O)N1CCc2c([nH]c3ccccc23)C1. The van der Waals surface area contributed by atoms with Crippen LogP contribution in [0.5, 0.6) is 0 Å². The van der Waals surface area contributed by atoms with Crippen molar-refractivity contribution in [3.63, 3.8) is 0 Å². The normalized spacial score (nSPS) is 15.6. The quantitative estimate of drug-likeness (QED) is 0.407. The zero-order valence-electron chi connectivity index (χ0n) is 17.2. The van der Waals surface area contributed by atoms with Crippen molar-refractivity contribution in [2.45, 2.75) is 31.8 Å². The standard InChI is InChI=1S/C24H24N4O3/c1-24(27-23(30)31,12-15-13-25-19-8-4-2-6-16(15)19)22(29)28-11-10-18-17-7-3-5-9-20(17)26-21(18)14-28/h2-9,13,25-27H,10-12,14H2,1H3,(H,30,31). The van der Waals surface area contributed by atoms with E-state index in [2.05, 4.69) is 21.4 Å². The number of carbonyl (C=O) groups is 2. The summed E-state index contributed by atoms with van der Waals surface area (Å²) in [7, 11) is 0. The molecule has 0 spiro atoms. The van der Waals surface area contributed by atoms with Crippen molar-refractivity contribution in [2.24, 2.45) is 0 Å². The number of hydrogen-bond acceptors (Lipinski definition) is 2. The Labute approximate surface area is 179 Å². The first-order chi connectivity index (χ1) is 14.9. The Bertz CT molecular complexity index is 1300. The second-order valence-corrected chi connectivity index (χ2v) is 8.40. The molecule has 0 saturated carbocycles. The van der Waals surface area contributed by atoms with Crippen molar-refractivity contribution >= 4 is 33.8 Å². The first kappa shape index (κ1) is 19.2. The molecule has 158 valence electrons. The van der Waals surface area contributed by atoms with Gasteiger partial charge >= 0.3 is 6.09 Å². The fraction of sp³-hybridized carbons (Fsp3) is 0.250. The van der Waals surface area contributed by atoms with Crippen molar-refractivity contribution in [3.8, 4) is 0 Å². The molecule has 0 fully saturated rings. The average Bonchev–Trinajstić information content (AvgIpc) is 3.33. The monoisotopic (exact) mass is 416 g/mol. The van der Waals surface area contributed by atoms with E-state index >= 15 is 0 Å². The molecule has 3 heterocycles. The zero-order valence-corrected chi connectivity index (χ0v) is 17.2. The van der Waals surface area contributed by atoms with E-state index in [9.17, 15) is 14.7 Å². The van der Waals surface area contributed by atoms with Gasteiger partial charge in [0.25, 0.3) is 0 Å². The third-order valence-electron chi connectivity index (χ3n) is 6.24. The van der Waals surface area contributed by atoms with Crippen molar-refractivity contribution < 1.29 is 14.7 Å². The highest BCUT2D eigenvalue weighted by molar-refractivity contribution is 5.92. The molecule has 1 unspecified atom stereocenters. The fourth-order valence-electron chi connectivity index (χ4n) is 4.78. The third-order valence-corrected chi connectivity index (χ3v) is 6.24. The summed E-state index contributed by atoms with van der Waals surface area (Å²) in [5.74, 6) is -0.218. The second-order valence-electron chi connectivity index (χ2n) is 8.40. The third kappa shape index (κ3) is 3.32. The van der Waals surface area contributed by atoms with Gasteiger partial charge in [0.05, 0.1) is 6.54 Å². The number of carboxylic acid groups (broad SMARTS) is 1. The van der Waals surface area contributed by atoms with Crippen molar-refractivity contribution in [3.05, 3.63) is 71.5 Å². The molecule has 2 aromatic heterocycles. The van der Waals surface area contributed by atoms with E-state index < -0.39 is 11.6 Å². The van der Waals surface area contributed by atoms with Crippen LogP contribution in [0.25, 0.3) is 21.8 Å². The molecule has 1 aliphatic rings. The van der Waals surface area contributed by atoms with Gasteiger partial charge in [-0.2, -0.15) is 0 Å². The lowest BCUT2D eigenvalue weighted by molar-refractivity contribution is -0.138. The molecule has 0 radical (unpaired) electrons. The molecule has 1 atom stereocenters. The highest BCUT2D eigenvalue weighted by Crippen LogP contribution is 2.30. The number of nitrogens with zero attached hydrogens (tertiary/aromatic N) is 1. The number of rotatable bonds is 4. The van der Waals surface area contributed by atoms with Crippen LogP contribution in [0.1, 0.15) is 23.7 Å². The first-order valence-corrected chi connectivity index (χ1v) is 10.4. The Hall–Kier alpha value is -3.74. The van der Waals surface area contributed by atoms with Gasteiger partial charge in [-0.1, -0.05) is 36.4 Å². The summed E-state index contributed by atoms with van der Waals surface area (Å²) in [5.41, 5.74) is 3.91. The van der Waals surface area contributed by atoms with Gasteiger partial charge in [-0.25, -0.2) is 4.79 Å². The Morgan fingerprint density at radius 3 is 2.58 bits per heavy atom. The van der Waals surface area contributed by atoms with E-state index in [1.807, 2.05) is 48.7 Å². The van der Waals surface area contributed by atoms with E-state index in [4.69, 9.17) is 0 Å². The molecule has 0 bridgehead atoms. The Morgan fingerprint density at radius 1 is 1.10 bits per heavy atom. The number of aromatic amines is 2. The smallest absolute Gasteiger partial charge is 0.405 e. The van der Waals surface area contributed by atoms with Crippen LogP contribution >= 0.6 is 0 Å². The summed E-state index contributed by atoms with van der Waals surface area (Å²) in [6.07, 6.45) is 1.64. The molecule has 5 rings (SSSR count). The van der Waals surface area contributed by atoms with Gasteiger partial charge in [0.15, 0.2) is 0 Å². The number of aromatic nitrogens is 2. The second kappa shape index (κ2) is 7.19. The number of fused-ring (bicyclic) bond motifs is 4. The largest absolute Gasteiger partial charge is 0.465 e. The summed E-state index contributed by atoms with van der Waals surface area (Å²) in [6.45, 7) is 2.66. The van der Waals surface area contributed by atoms with Gasteiger partial charge in [0, 0.05) is 46.7 Å². The lowest BCUT2D eigenvalue weighted by atomic mass is 9.90. The average molecular weight is 416 g/mol. The van der Waals surface area contributed by atoms with Crippen LogP contribution in [0, 0.1) is 0 Å². The number of amides is 2. The summed E-state index contributed by atoms with van der Waals surface area (Å²) in [6, 6.07) is 15.9. The van der Waals surface area contributed by atoms with Crippen LogP contribution in [-0.2, 0) is 24.2 Å². The molecular weight excluding hydrogens is 392 g/mol. The van der Waals surface area contributed by atoms with Crippen LogP contribution in [0.2, 0.25) is 0 Å². The number of nitrogens with one attached hydrogen (secondary N) is 3. The topological polar surface area (TPSA) is 101 Å². The first-order valence-electron chi connectivity index (χ1n) is 10.4. The molecule has 0 aliphatic carbocycles. The molecule has 2 amide bonds. The number of benzene rings is 2. The van der Waals surface area contributed by atoms with E-state index in [0.717, 1.165) is 34.1 Å². The summed E-state index contributed by atoms with van der Waals surface area (Å²) in [4.78, 5) is 33.6. The Balaban J connectivity index is 1.45. The van der Waals surface area contributed by atoms with Crippen molar-refractivity contribution in [1.82, 2.24) is 20.2 Å². The van der Waals surface area contributed by atoms with E-state index in [1.165, 1.54) is 10.9 Å². The number of hydrogen-bond donors (Lipinski definition) is 4. The maximum atomic E-state index is 13.6. The van der Waals surface area contributed by atoms with Crippen LogP contribution in [-0.4, -0.2) is 44.1 Å². The molecule has 7 nitrogen and oxygen atoms in total. The van der Waals surface area contributed by atoms with E-state index in [-0.39, 0.29) is 12.3 Å². The molecule has 0 saturated heterocycles. The van der Waals surface area contributed by atoms with Gasteiger partial charge < -0.3 is 25.3 Å². The van der Waals surface area contributed by atoms with Gasteiger partial charge in [0.1, 0.15) is 5.54 Å². The molecule has 4 aromatic rings. The zero-order chi connectivity index (χ0) is 21.6. The highest BCUT2D eigenvalue weighted by atomic mass is 16.4. The maximum absolute atomic E-state index is 13.6. The molecule has 31 heavy (non-hydrogen) atoms. The number of H-pyrrole nitrogens is 2. The highest BCUT2D eigenvalue weighted by Gasteiger charge is 2.40. The molecule has 4 N–H and O–H groups in total. The predicted molar refractivity (Wildman–Crippen MR) is 119 cm³/mol. The molecule has 1 aliphatic heterocycles. The molecular formula is C24H24N4O3. The summed E-state index contributed by atoms with van der Waals surface area (Å²) < 4.78 is 0. The van der Waals surface area contributed by atoms with Crippen LogP contribution < -0.4 is 5.32 Å². The minimum absolute atomic E-state index is 0.218. The predicted octanol–water partition coefficient (Wildman–Crippen LogP) is 3.80. The van der Waals surface area contributed by atoms with Crippen LogP contribution in [0.15, 0.2) is 54.7 Å². The minimum atomic E-state index is -1.28. The fourth-order valence-corrected chi connectivity index (χ4v) is 4.78. The lowest BCUT2D eigenvalue weighted by Crippen LogP contribution is -2.59. The van der Waals surface area contributed by atoms with Gasteiger partial charge in [-0.15, -0.1) is 0 Å². The van der Waals surface area contributed by atoms with Crippen molar-refractivity contribution in [1.29, 1.82) is 0 Å². The number of para-hydroxylation sites is 2. The van der Waals surface area contributed by atoms with Crippen molar-refractivity contribution in [2.75, 3.05) is 6.54 Å². The minimum Gasteiger partial charge on any atom is -0.465 e. The summed E-state index contributed by atoms with van der Waals surface area (Å²) in [5, 5.41) is 14.2. The Kier molecular flexibility index (Phi) is 4.46. The number of carbonyl (C=O) groups excluding carboxylic acids is 1. The lowest BCUT2D eigenvalue weighted by Gasteiger charge is -2.36. The summed E-state index contributed by atoms with van der Waals surface area (Å²) >= 11 is 0. The Morgan fingerprint density at radius 2 is 1.81 bits per heavy atom. The molecule has 7 heteroatoms. The molecule has 2 aromatic carbocycles. The van der Waals surface area contributed by atoms with E-state index in [0.29, 0.717) is 13.1 Å². The van der Waals surface area contributed by atoms with Crippen LogP contribution in [0.3, 0.4) is 0 Å².